The maximum atomic E-state index is 6.29. The molecule has 0 radical (unpaired) electrons. The summed E-state index contributed by atoms with van der Waals surface area (Å²) in [6.45, 7) is 4.07. The predicted molar refractivity (Wildman–Crippen MR) is 80.9 cm³/mol. The highest BCUT2D eigenvalue weighted by Gasteiger charge is 2.16. The molecule has 0 fully saturated rings. The van der Waals surface area contributed by atoms with Gasteiger partial charge in [-0.15, -0.1) is 0 Å². The third-order valence-electron chi connectivity index (χ3n) is 3.46. The minimum Gasteiger partial charge on any atom is -0.489 e. The van der Waals surface area contributed by atoms with Crippen molar-refractivity contribution in [3.63, 3.8) is 0 Å². The fraction of sp³-hybridized carbons (Fsp3) is 0.400. The van der Waals surface area contributed by atoms with Gasteiger partial charge >= 0.3 is 0 Å². The highest BCUT2D eigenvalue weighted by atomic mass is 35.5. The molecule has 5 nitrogen and oxygen atoms in total. The molecule has 21 heavy (non-hydrogen) atoms. The van der Waals surface area contributed by atoms with E-state index in [0.717, 1.165) is 23.4 Å². The SMILES string of the molecule is CC(NCc1cc(Cl)c2c(c1)OCCCO2)c1cnc[nH]1. The highest BCUT2D eigenvalue weighted by molar-refractivity contribution is 6.32. The number of imidazole rings is 1. The molecule has 0 amide bonds. The van der Waals surface area contributed by atoms with Gasteiger partial charge in [0.05, 0.1) is 30.3 Å². The van der Waals surface area contributed by atoms with Crippen LogP contribution >= 0.6 is 11.6 Å². The number of aromatic amines is 1. The van der Waals surface area contributed by atoms with E-state index in [2.05, 4.69) is 22.2 Å². The van der Waals surface area contributed by atoms with Gasteiger partial charge in [-0.2, -0.15) is 0 Å². The van der Waals surface area contributed by atoms with Gasteiger partial charge in [-0.1, -0.05) is 11.6 Å². The highest BCUT2D eigenvalue weighted by Crippen LogP contribution is 2.38. The third-order valence-corrected chi connectivity index (χ3v) is 3.74. The van der Waals surface area contributed by atoms with Gasteiger partial charge in [0.1, 0.15) is 0 Å². The van der Waals surface area contributed by atoms with Gasteiger partial charge in [-0.05, 0) is 24.6 Å². The number of ether oxygens (including phenoxy) is 2. The van der Waals surface area contributed by atoms with Gasteiger partial charge in [0, 0.05) is 25.2 Å². The zero-order chi connectivity index (χ0) is 14.7. The van der Waals surface area contributed by atoms with Gasteiger partial charge in [-0.25, -0.2) is 4.98 Å². The standard InChI is InChI=1S/C15H18ClN3O2/c1-10(13-8-17-9-19-13)18-7-11-5-12(16)15-14(6-11)20-3-2-4-21-15/h5-6,8-10,18H,2-4,7H2,1H3,(H,17,19). The third kappa shape index (κ3) is 3.31. The van der Waals surface area contributed by atoms with Crippen molar-refractivity contribution in [2.75, 3.05) is 13.2 Å². The van der Waals surface area contributed by atoms with Crippen LogP contribution in [-0.4, -0.2) is 23.2 Å². The second-order valence-electron chi connectivity index (χ2n) is 5.06. The molecule has 2 aromatic rings. The Hall–Kier alpha value is -1.72. The van der Waals surface area contributed by atoms with Crippen LogP contribution in [0.1, 0.15) is 30.6 Å². The quantitative estimate of drug-likeness (QED) is 0.911. The molecule has 0 aliphatic carbocycles. The Kier molecular flexibility index (Phi) is 4.31. The molecular weight excluding hydrogens is 290 g/mol. The van der Waals surface area contributed by atoms with E-state index in [-0.39, 0.29) is 6.04 Å². The molecule has 1 atom stereocenters. The Morgan fingerprint density at radius 2 is 2.24 bits per heavy atom. The van der Waals surface area contributed by atoms with Crippen LogP contribution in [0.25, 0.3) is 0 Å². The van der Waals surface area contributed by atoms with Crippen LogP contribution < -0.4 is 14.8 Å². The summed E-state index contributed by atoms with van der Waals surface area (Å²) in [7, 11) is 0. The summed E-state index contributed by atoms with van der Waals surface area (Å²) in [5.41, 5.74) is 2.12. The van der Waals surface area contributed by atoms with Crippen molar-refractivity contribution in [2.24, 2.45) is 0 Å². The van der Waals surface area contributed by atoms with E-state index in [1.54, 1.807) is 6.33 Å². The molecule has 6 heteroatoms. The molecule has 1 aromatic carbocycles. The van der Waals surface area contributed by atoms with Crippen LogP contribution in [0.15, 0.2) is 24.7 Å². The summed E-state index contributed by atoms with van der Waals surface area (Å²) >= 11 is 6.29. The normalized spacial score (nSPS) is 15.5. The Bertz CT molecular complexity index is 601. The molecule has 1 unspecified atom stereocenters. The molecule has 1 aromatic heterocycles. The molecule has 1 aliphatic heterocycles. The molecule has 2 N–H and O–H groups in total. The first-order chi connectivity index (χ1) is 10.2. The number of halogens is 1. The number of nitrogens with zero attached hydrogens (tertiary/aromatic N) is 1. The molecule has 0 saturated heterocycles. The molecule has 2 heterocycles. The fourth-order valence-electron chi connectivity index (χ4n) is 2.27. The number of hydrogen-bond donors (Lipinski definition) is 2. The topological polar surface area (TPSA) is 59.2 Å². The summed E-state index contributed by atoms with van der Waals surface area (Å²) in [6.07, 6.45) is 4.37. The number of nitrogens with one attached hydrogen (secondary N) is 2. The van der Waals surface area contributed by atoms with E-state index in [9.17, 15) is 0 Å². The number of fused-ring (bicyclic) bond motifs is 1. The largest absolute Gasteiger partial charge is 0.489 e. The first-order valence-corrected chi connectivity index (χ1v) is 7.41. The predicted octanol–water partition coefficient (Wildman–Crippen LogP) is 3.08. The van der Waals surface area contributed by atoms with Crippen molar-refractivity contribution in [3.05, 3.63) is 40.9 Å². The fourth-order valence-corrected chi connectivity index (χ4v) is 2.56. The van der Waals surface area contributed by atoms with Gasteiger partial charge < -0.3 is 19.8 Å². The number of hydrogen-bond acceptors (Lipinski definition) is 4. The second-order valence-corrected chi connectivity index (χ2v) is 5.47. The zero-order valence-corrected chi connectivity index (χ0v) is 12.6. The number of benzene rings is 1. The zero-order valence-electron chi connectivity index (χ0n) is 11.9. The van der Waals surface area contributed by atoms with E-state index in [0.29, 0.717) is 30.5 Å². The van der Waals surface area contributed by atoms with Crippen molar-refractivity contribution in [3.8, 4) is 11.5 Å². The summed E-state index contributed by atoms with van der Waals surface area (Å²) < 4.78 is 11.3. The van der Waals surface area contributed by atoms with E-state index < -0.39 is 0 Å². The Labute approximate surface area is 128 Å². The van der Waals surface area contributed by atoms with E-state index in [1.807, 2.05) is 18.3 Å². The van der Waals surface area contributed by atoms with Gasteiger partial charge in [0.25, 0.3) is 0 Å². The molecule has 0 saturated carbocycles. The lowest BCUT2D eigenvalue weighted by molar-refractivity contribution is 0.297. The summed E-state index contributed by atoms with van der Waals surface area (Å²) in [5, 5.41) is 4.02. The van der Waals surface area contributed by atoms with Crippen molar-refractivity contribution in [2.45, 2.75) is 25.9 Å². The average molecular weight is 308 g/mol. The number of rotatable bonds is 4. The molecule has 1 aliphatic rings. The first-order valence-electron chi connectivity index (χ1n) is 7.03. The second kappa shape index (κ2) is 6.37. The number of H-pyrrole nitrogens is 1. The summed E-state index contributed by atoms with van der Waals surface area (Å²) in [6, 6.07) is 4.09. The summed E-state index contributed by atoms with van der Waals surface area (Å²) in [5.74, 6) is 1.38. The average Bonchev–Trinajstić information content (AvgIpc) is 2.91. The van der Waals surface area contributed by atoms with Crippen molar-refractivity contribution < 1.29 is 9.47 Å². The van der Waals surface area contributed by atoms with Crippen LogP contribution in [0.2, 0.25) is 5.02 Å². The molecule has 112 valence electrons. The lowest BCUT2D eigenvalue weighted by Crippen LogP contribution is -2.18. The van der Waals surface area contributed by atoms with Gasteiger partial charge in [0.15, 0.2) is 11.5 Å². The Morgan fingerprint density at radius 1 is 1.38 bits per heavy atom. The lowest BCUT2D eigenvalue weighted by Gasteiger charge is -2.14. The molecular formula is C15H18ClN3O2. The van der Waals surface area contributed by atoms with Crippen molar-refractivity contribution >= 4 is 11.6 Å². The molecule has 3 rings (SSSR count). The van der Waals surface area contributed by atoms with Crippen LogP contribution in [0, 0.1) is 0 Å². The number of aromatic nitrogens is 2. The van der Waals surface area contributed by atoms with Crippen LogP contribution in [0.4, 0.5) is 0 Å². The van der Waals surface area contributed by atoms with Gasteiger partial charge in [-0.3, -0.25) is 0 Å². The summed E-state index contributed by atoms with van der Waals surface area (Å²) in [4.78, 5) is 7.13. The van der Waals surface area contributed by atoms with E-state index in [4.69, 9.17) is 21.1 Å². The lowest BCUT2D eigenvalue weighted by atomic mass is 10.1. The molecule has 0 bridgehead atoms. The minimum atomic E-state index is 0.183. The maximum absolute atomic E-state index is 6.29. The smallest absolute Gasteiger partial charge is 0.179 e. The Balaban J connectivity index is 1.71. The van der Waals surface area contributed by atoms with E-state index in [1.165, 1.54) is 0 Å². The van der Waals surface area contributed by atoms with E-state index >= 15 is 0 Å². The Morgan fingerprint density at radius 3 is 3.05 bits per heavy atom. The van der Waals surface area contributed by atoms with Crippen LogP contribution in [0.5, 0.6) is 11.5 Å². The molecule has 0 spiro atoms. The van der Waals surface area contributed by atoms with Gasteiger partial charge in [0.2, 0.25) is 0 Å². The van der Waals surface area contributed by atoms with Crippen LogP contribution in [-0.2, 0) is 6.54 Å². The monoisotopic (exact) mass is 307 g/mol. The van der Waals surface area contributed by atoms with Crippen molar-refractivity contribution in [1.82, 2.24) is 15.3 Å². The first kappa shape index (κ1) is 14.2. The van der Waals surface area contributed by atoms with Crippen LogP contribution in [0.3, 0.4) is 0 Å². The van der Waals surface area contributed by atoms with Crippen molar-refractivity contribution in [1.29, 1.82) is 0 Å². The minimum absolute atomic E-state index is 0.183. The maximum Gasteiger partial charge on any atom is 0.179 e.